The Bertz CT molecular complexity index is 447. The Labute approximate surface area is 106 Å². The van der Waals surface area contributed by atoms with Crippen molar-refractivity contribution in [2.24, 2.45) is 0 Å². The molecule has 2 N–H and O–H groups in total. The number of amides is 1. The minimum atomic E-state index is -0.790. The van der Waals surface area contributed by atoms with Gasteiger partial charge in [0, 0.05) is 25.3 Å². The van der Waals surface area contributed by atoms with Gasteiger partial charge < -0.3 is 15.3 Å². The fourth-order valence-corrected chi connectivity index (χ4v) is 1.73. The third kappa shape index (κ3) is 3.20. The molecule has 0 saturated carbocycles. The summed E-state index contributed by atoms with van der Waals surface area (Å²) in [7, 11) is 3.29. The minimum Gasteiger partial charge on any atom is -0.389 e. The van der Waals surface area contributed by atoms with Crippen LogP contribution in [-0.4, -0.2) is 31.7 Å². The second kappa shape index (κ2) is 5.82. The summed E-state index contributed by atoms with van der Waals surface area (Å²) >= 11 is 0. The van der Waals surface area contributed by atoms with Crippen LogP contribution in [-0.2, 0) is 4.79 Å². The minimum absolute atomic E-state index is 0.143. The van der Waals surface area contributed by atoms with E-state index < -0.39 is 6.10 Å². The van der Waals surface area contributed by atoms with E-state index in [1.165, 1.54) is 6.07 Å². The predicted molar refractivity (Wildman–Crippen MR) is 69.1 cm³/mol. The quantitative estimate of drug-likeness (QED) is 0.853. The molecule has 0 fully saturated rings. The molecule has 0 bridgehead atoms. The van der Waals surface area contributed by atoms with Crippen molar-refractivity contribution >= 4 is 11.6 Å². The summed E-state index contributed by atoms with van der Waals surface area (Å²) in [5, 5.41) is 12.2. The molecule has 18 heavy (non-hydrogen) atoms. The largest absolute Gasteiger partial charge is 0.389 e. The normalized spacial score (nSPS) is 12.1. The van der Waals surface area contributed by atoms with Gasteiger partial charge in [-0.05, 0) is 31.5 Å². The van der Waals surface area contributed by atoms with E-state index in [4.69, 9.17) is 0 Å². The van der Waals surface area contributed by atoms with Crippen LogP contribution < -0.4 is 10.2 Å². The second-order valence-electron chi connectivity index (χ2n) is 4.37. The summed E-state index contributed by atoms with van der Waals surface area (Å²) in [6.07, 6.45) is -0.790. The number of nitrogens with zero attached hydrogens (tertiary/aromatic N) is 1. The van der Waals surface area contributed by atoms with E-state index in [0.29, 0.717) is 16.8 Å². The molecule has 0 aliphatic heterocycles. The van der Waals surface area contributed by atoms with Crippen molar-refractivity contribution < 1.29 is 14.3 Å². The fraction of sp³-hybridized carbons (Fsp3) is 0.462. The van der Waals surface area contributed by atoms with Crippen molar-refractivity contribution in [3.05, 3.63) is 29.1 Å². The zero-order valence-corrected chi connectivity index (χ0v) is 11.1. The molecule has 1 rings (SSSR count). The Morgan fingerprint density at radius 3 is 2.67 bits per heavy atom. The molecule has 0 aliphatic carbocycles. The van der Waals surface area contributed by atoms with Crippen LogP contribution in [0.2, 0.25) is 0 Å². The molecule has 0 aliphatic rings. The van der Waals surface area contributed by atoms with E-state index in [1.807, 2.05) is 0 Å². The maximum atomic E-state index is 13.5. The highest BCUT2D eigenvalue weighted by atomic mass is 19.1. The lowest BCUT2D eigenvalue weighted by atomic mass is 10.0. The molecular weight excluding hydrogens is 235 g/mol. The highest BCUT2D eigenvalue weighted by Gasteiger charge is 2.16. The first-order valence-electron chi connectivity index (χ1n) is 5.76. The zero-order chi connectivity index (χ0) is 13.9. The number of benzene rings is 1. The average molecular weight is 254 g/mol. The van der Waals surface area contributed by atoms with Gasteiger partial charge in [0.15, 0.2) is 0 Å². The fourth-order valence-electron chi connectivity index (χ4n) is 1.73. The van der Waals surface area contributed by atoms with E-state index in [-0.39, 0.29) is 18.3 Å². The first kappa shape index (κ1) is 14.4. The first-order valence-corrected chi connectivity index (χ1v) is 5.76. The summed E-state index contributed by atoms with van der Waals surface area (Å²) in [5.41, 5.74) is 1.62. The third-order valence-corrected chi connectivity index (χ3v) is 2.83. The molecule has 1 aromatic carbocycles. The van der Waals surface area contributed by atoms with Gasteiger partial charge >= 0.3 is 0 Å². The Hall–Kier alpha value is -1.62. The van der Waals surface area contributed by atoms with Gasteiger partial charge in [-0.25, -0.2) is 4.39 Å². The number of halogens is 1. The first-order chi connectivity index (χ1) is 8.36. The van der Waals surface area contributed by atoms with Crippen molar-refractivity contribution in [2.45, 2.75) is 20.0 Å². The van der Waals surface area contributed by atoms with Crippen molar-refractivity contribution in [3.8, 4) is 0 Å². The van der Waals surface area contributed by atoms with Crippen LogP contribution in [0.4, 0.5) is 10.1 Å². The van der Waals surface area contributed by atoms with Crippen LogP contribution in [0.1, 0.15) is 24.2 Å². The van der Waals surface area contributed by atoms with Crippen molar-refractivity contribution in [3.63, 3.8) is 0 Å². The Morgan fingerprint density at radius 1 is 1.56 bits per heavy atom. The van der Waals surface area contributed by atoms with Crippen molar-refractivity contribution in [2.75, 3.05) is 25.5 Å². The van der Waals surface area contributed by atoms with Crippen molar-refractivity contribution in [1.82, 2.24) is 5.32 Å². The average Bonchev–Trinajstić information content (AvgIpc) is 2.31. The second-order valence-corrected chi connectivity index (χ2v) is 4.37. The van der Waals surface area contributed by atoms with Crippen LogP contribution in [0, 0.1) is 12.7 Å². The number of hydrogen-bond acceptors (Lipinski definition) is 3. The Kier molecular flexibility index (Phi) is 4.67. The van der Waals surface area contributed by atoms with E-state index in [0.717, 1.165) is 0 Å². The van der Waals surface area contributed by atoms with E-state index in [9.17, 15) is 14.3 Å². The van der Waals surface area contributed by atoms with Crippen LogP contribution in [0.3, 0.4) is 0 Å². The number of nitrogens with one attached hydrogen (secondary N) is 1. The molecule has 0 spiro atoms. The smallest absolute Gasteiger partial charge is 0.239 e. The molecular formula is C13H19FN2O2. The molecule has 100 valence electrons. The number of likely N-dealkylation sites (N-methyl/N-ethyl adjacent to an activating group) is 2. The summed E-state index contributed by atoms with van der Waals surface area (Å²) in [5.74, 6) is -0.501. The lowest BCUT2D eigenvalue weighted by Gasteiger charge is -2.23. The molecule has 0 unspecified atom stereocenters. The maximum absolute atomic E-state index is 13.5. The molecule has 0 heterocycles. The van der Waals surface area contributed by atoms with E-state index in [2.05, 4.69) is 5.32 Å². The van der Waals surface area contributed by atoms with Gasteiger partial charge in [-0.2, -0.15) is 0 Å². The SMILES string of the molecule is CNC(=O)CN(C)c1cc(C)c(F)cc1[C@H](C)O. The third-order valence-electron chi connectivity index (χ3n) is 2.83. The topological polar surface area (TPSA) is 52.6 Å². The number of anilines is 1. The van der Waals surface area contributed by atoms with Crippen LogP contribution in [0.15, 0.2) is 12.1 Å². The van der Waals surface area contributed by atoms with Gasteiger partial charge in [0.1, 0.15) is 5.82 Å². The van der Waals surface area contributed by atoms with Crippen LogP contribution >= 0.6 is 0 Å². The Balaban J connectivity index is 3.13. The van der Waals surface area contributed by atoms with Crippen molar-refractivity contribution in [1.29, 1.82) is 0 Å². The molecule has 1 atom stereocenters. The summed E-state index contributed by atoms with van der Waals surface area (Å²) in [6, 6.07) is 2.95. The zero-order valence-electron chi connectivity index (χ0n) is 11.1. The standard InChI is InChI=1S/C13H19FN2O2/c1-8-5-12(16(4)7-13(18)15-3)10(9(2)17)6-11(8)14/h5-6,9,17H,7H2,1-4H3,(H,15,18)/t9-/m0/s1. The number of carbonyl (C=O) groups excluding carboxylic acids is 1. The number of aliphatic hydroxyl groups excluding tert-OH is 1. The molecule has 0 aromatic heterocycles. The molecule has 0 radical (unpaired) electrons. The molecule has 1 aromatic rings. The highest BCUT2D eigenvalue weighted by Crippen LogP contribution is 2.28. The number of rotatable bonds is 4. The Morgan fingerprint density at radius 2 is 2.17 bits per heavy atom. The lowest BCUT2D eigenvalue weighted by molar-refractivity contribution is -0.119. The number of hydrogen-bond donors (Lipinski definition) is 2. The summed E-state index contributed by atoms with van der Waals surface area (Å²) in [6.45, 7) is 3.38. The molecule has 5 heteroatoms. The van der Waals surface area contributed by atoms with Gasteiger partial charge in [0.25, 0.3) is 0 Å². The van der Waals surface area contributed by atoms with Gasteiger partial charge in [-0.1, -0.05) is 0 Å². The predicted octanol–water partition coefficient (Wildman–Crippen LogP) is 1.37. The lowest BCUT2D eigenvalue weighted by Crippen LogP contribution is -2.33. The van der Waals surface area contributed by atoms with Crippen LogP contribution in [0.5, 0.6) is 0 Å². The molecule has 0 saturated heterocycles. The maximum Gasteiger partial charge on any atom is 0.239 e. The monoisotopic (exact) mass is 254 g/mol. The molecule has 4 nitrogen and oxygen atoms in total. The number of aryl methyl sites for hydroxylation is 1. The van der Waals surface area contributed by atoms with E-state index in [1.54, 1.807) is 38.9 Å². The van der Waals surface area contributed by atoms with Crippen LogP contribution in [0.25, 0.3) is 0 Å². The van der Waals surface area contributed by atoms with E-state index >= 15 is 0 Å². The molecule has 1 amide bonds. The van der Waals surface area contributed by atoms with Gasteiger partial charge in [0.05, 0.1) is 12.6 Å². The van der Waals surface area contributed by atoms with Gasteiger partial charge in [0.2, 0.25) is 5.91 Å². The number of carbonyl (C=O) groups is 1. The van der Waals surface area contributed by atoms with Gasteiger partial charge in [-0.15, -0.1) is 0 Å². The highest BCUT2D eigenvalue weighted by molar-refractivity contribution is 5.81. The number of aliphatic hydroxyl groups is 1. The summed E-state index contributed by atoms with van der Waals surface area (Å²) in [4.78, 5) is 13.0. The van der Waals surface area contributed by atoms with Gasteiger partial charge in [-0.3, -0.25) is 4.79 Å². The summed E-state index contributed by atoms with van der Waals surface area (Å²) < 4.78 is 13.5.